The van der Waals surface area contributed by atoms with Gasteiger partial charge in [-0.15, -0.1) is 0 Å². The van der Waals surface area contributed by atoms with Crippen molar-refractivity contribution in [2.45, 2.75) is 37.8 Å². The molecule has 0 saturated heterocycles. The molecule has 0 radical (unpaired) electrons. The lowest BCUT2D eigenvalue weighted by molar-refractivity contribution is -0.142. The average Bonchev–Trinajstić information content (AvgIpc) is 2.65. The van der Waals surface area contributed by atoms with Gasteiger partial charge in [-0.25, -0.2) is 8.42 Å². The number of sulfonamides is 1. The fraction of sp³-hybridized carbons (Fsp3) is 0.316. The van der Waals surface area contributed by atoms with Gasteiger partial charge in [-0.3, -0.25) is 14.6 Å². The summed E-state index contributed by atoms with van der Waals surface area (Å²) in [6.07, 6.45) is 3.72. The van der Waals surface area contributed by atoms with Gasteiger partial charge in [0.1, 0.15) is 6.04 Å². The van der Waals surface area contributed by atoms with E-state index in [0.29, 0.717) is 17.7 Å². The molecule has 1 aromatic carbocycles. The number of nitrogens with zero attached hydrogens (tertiary/aromatic N) is 2. The SMILES string of the molecule is CC(C)CC(C(=O)O)N(Cc1cccnc1)S(=O)(=O)c1ccc(NC=O)cc1. The standard InChI is InChI=1S/C19H23N3O5S/c1-14(2)10-18(19(24)25)22(12-15-4-3-9-20-11-15)28(26,27)17-7-5-16(6-8-17)21-13-23/h3-9,11,13-14,18H,10,12H2,1-2H3,(H,21,23)(H,24,25). The summed E-state index contributed by atoms with van der Waals surface area (Å²) in [5.41, 5.74) is 1.02. The van der Waals surface area contributed by atoms with Crippen LogP contribution < -0.4 is 5.32 Å². The number of anilines is 1. The first-order valence-corrected chi connectivity index (χ1v) is 10.1. The predicted molar refractivity (Wildman–Crippen MR) is 104 cm³/mol. The monoisotopic (exact) mass is 405 g/mol. The summed E-state index contributed by atoms with van der Waals surface area (Å²) in [5.74, 6) is -1.23. The Bertz CT molecular complexity index is 899. The van der Waals surface area contributed by atoms with Crippen LogP contribution in [0.15, 0.2) is 53.7 Å². The Morgan fingerprint density at radius 3 is 2.43 bits per heavy atom. The summed E-state index contributed by atoms with van der Waals surface area (Å²) in [6.45, 7) is 3.56. The van der Waals surface area contributed by atoms with Crippen LogP contribution in [0.5, 0.6) is 0 Å². The number of amides is 1. The molecule has 0 bridgehead atoms. The van der Waals surface area contributed by atoms with E-state index in [4.69, 9.17) is 0 Å². The zero-order valence-electron chi connectivity index (χ0n) is 15.6. The maximum atomic E-state index is 13.3. The third-order valence-corrected chi connectivity index (χ3v) is 5.94. The fourth-order valence-corrected chi connectivity index (χ4v) is 4.33. The number of aromatic nitrogens is 1. The van der Waals surface area contributed by atoms with Crippen LogP contribution in [0, 0.1) is 5.92 Å². The van der Waals surface area contributed by atoms with Crippen LogP contribution in [-0.4, -0.2) is 41.2 Å². The van der Waals surface area contributed by atoms with Gasteiger partial charge in [0, 0.05) is 24.6 Å². The summed E-state index contributed by atoms with van der Waals surface area (Å²) < 4.78 is 27.6. The van der Waals surface area contributed by atoms with Gasteiger partial charge >= 0.3 is 5.97 Å². The molecule has 1 unspecified atom stereocenters. The lowest BCUT2D eigenvalue weighted by Gasteiger charge is -2.29. The minimum Gasteiger partial charge on any atom is -0.480 e. The lowest BCUT2D eigenvalue weighted by atomic mass is 10.0. The van der Waals surface area contributed by atoms with E-state index in [1.54, 1.807) is 18.3 Å². The second-order valence-electron chi connectivity index (χ2n) is 6.68. The molecule has 150 valence electrons. The van der Waals surface area contributed by atoms with E-state index in [9.17, 15) is 23.1 Å². The van der Waals surface area contributed by atoms with Crippen molar-refractivity contribution in [3.8, 4) is 0 Å². The third-order valence-electron chi connectivity index (χ3n) is 4.08. The number of carboxylic acids is 1. The molecule has 0 aliphatic carbocycles. The van der Waals surface area contributed by atoms with Gasteiger partial charge < -0.3 is 10.4 Å². The Morgan fingerprint density at radius 2 is 1.93 bits per heavy atom. The summed E-state index contributed by atoms with van der Waals surface area (Å²) in [5, 5.41) is 12.2. The molecule has 2 rings (SSSR count). The zero-order chi connectivity index (χ0) is 20.7. The number of hydrogen-bond donors (Lipinski definition) is 2. The first kappa shape index (κ1) is 21.5. The van der Waals surface area contributed by atoms with Crippen LogP contribution >= 0.6 is 0 Å². The zero-order valence-corrected chi connectivity index (χ0v) is 16.5. The number of rotatable bonds is 10. The van der Waals surface area contributed by atoms with Gasteiger partial charge in [-0.2, -0.15) is 4.31 Å². The highest BCUT2D eigenvalue weighted by molar-refractivity contribution is 7.89. The van der Waals surface area contributed by atoms with Crippen molar-refractivity contribution < 1.29 is 23.1 Å². The van der Waals surface area contributed by atoms with Crippen molar-refractivity contribution in [1.29, 1.82) is 0 Å². The molecule has 28 heavy (non-hydrogen) atoms. The number of pyridine rings is 1. The second-order valence-corrected chi connectivity index (χ2v) is 8.57. The Kier molecular flexibility index (Phi) is 7.24. The number of aliphatic carboxylic acids is 1. The number of benzene rings is 1. The smallest absolute Gasteiger partial charge is 0.322 e. The van der Waals surface area contributed by atoms with Crippen molar-refractivity contribution in [2.24, 2.45) is 5.92 Å². The molecule has 0 aliphatic heterocycles. The van der Waals surface area contributed by atoms with Crippen molar-refractivity contribution in [3.05, 3.63) is 54.4 Å². The highest BCUT2D eigenvalue weighted by atomic mass is 32.2. The largest absolute Gasteiger partial charge is 0.480 e. The number of hydrogen-bond acceptors (Lipinski definition) is 5. The molecule has 1 amide bonds. The number of carbonyl (C=O) groups is 2. The summed E-state index contributed by atoms with van der Waals surface area (Å²) in [4.78, 5) is 26.4. The van der Waals surface area contributed by atoms with Crippen LogP contribution in [0.25, 0.3) is 0 Å². The summed E-state index contributed by atoms with van der Waals surface area (Å²) in [7, 11) is -4.11. The van der Waals surface area contributed by atoms with Gasteiger partial charge in [-0.05, 0) is 48.2 Å². The molecular formula is C19H23N3O5S. The number of nitrogens with one attached hydrogen (secondary N) is 1. The van der Waals surface area contributed by atoms with Crippen molar-refractivity contribution in [1.82, 2.24) is 9.29 Å². The molecular weight excluding hydrogens is 382 g/mol. The topological polar surface area (TPSA) is 117 Å². The average molecular weight is 405 g/mol. The maximum absolute atomic E-state index is 13.3. The molecule has 2 aromatic rings. The first-order chi connectivity index (χ1) is 13.3. The van der Waals surface area contributed by atoms with Gasteiger partial charge in [0.2, 0.25) is 16.4 Å². The molecule has 8 nitrogen and oxygen atoms in total. The molecule has 2 N–H and O–H groups in total. The Morgan fingerprint density at radius 1 is 1.25 bits per heavy atom. The van der Waals surface area contributed by atoms with Gasteiger partial charge in [-0.1, -0.05) is 19.9 Å². The lowest BCUT2D eigenvalue weighted by Crippen LogP contribution is -2.45. The molecule has 9 heteroatoms. The van der Waals surface area contributed by atoms with Crippen molar-refractivity contribution in [2.75, 3.05) is 5.32 Å². The Hall–Kier alpha value is -2.78. The summed E-state index contributed by atoms with van der Waals surface area (Å²) >= 11 is 0. The molecule has 0 aliphatic rings. The number of carboxylic acid groups (broad SMARTS) is 1. The van der Waals surface area contributed by atoms with Crippen LogP contribution in [0.2, 0.25) is 0 Å². The minimum atomic E-state index is -4.11. The van der Waals surface area contributed by atoms with Gasteiger partial charge in [0.15, 0.2) is 0 Å². The van der Waals surface area contributed by atoms with Crippen LogP contribution in [0.4, 0.5) is 5.69 Å². The third kappa shape index (κ3) is 5.37. The second kappa shape index (κ2) is 9.43. The van der Waals surface area contributed by atoms with Gasteiger partial charge in [0.05, 0.1) is 4.90 Å². The van der Waals surface area contributed by atoms with E-state index in [0.717, 1.165) is 4.31 Å². The molecule has 1 aromatic heterocycles. The molecule has 0 saturated carbocycles. The Labute approximate surface area is 164 Å². The van der Waals surface area contributed by atoms with E-state index in [1.807, 2.05) is 13.8 Å². The highest BCUT2D eigenvalue weighted by Crippen LogP contribution is 2.25. The normalized spacial score (nSPS) is 12.7. The van der Waals surface area contributed by atoms with Crippen LogP contribution in [0.3, 0.4) is 0 Å². The van der Waals surface area contributed by atoms with E-state index >= 15 is 0 Å². The van der Waals surface area contributed by atoms with Crippen LogP contribution in [0.1, 0.15) is 25.8 Å². The predicted octanol–water partition coefficient (Wildman–Crippen LogP) is 2.34. The fourth-order valence-electron chi connectivity index (χ4n) is 2.75. The number of carbonyl (C=O) groups excluding carboxylic acids is 1. The van der Waals surface area contributed by atoms with Gasteiger partial charge in [0.25, 0.3) is 0 Å². The van der Waals surface area contributed by atoms with E-state index in [2.05, 4.69) is 10.3 Å². The molecule has 0 fully saturated rings. The molecule has 1 heterocycles. The van der Waals surface area contributed by atoms with Crippen molar-refractivity contribution in [3.63, 3.8) is 0 Å². The first-order valence-electron chi connectivity index (χ1n) is 8.69. The quantitative estimate of drug-likeness (QED) is 0.586. The maximum Gasteiger partial charge on any atom is 0.322 e. The Balaban J connectivity index is 2.48. The molecule has 1 atom stereocenters. The van der Waals surface area contributed by atoms with E-state index in [-0.39, 0.29) is 23.8 Å². The summed E-state index contributed by atoms with van der Waals surface area (Å²) in [6, 6.07) is 7.71. The van der Waals surface area contributed by atoms with Crippen LogP contribution in [-0.2, 0) is 26.2 Å². The minimum absolute atomic E-state index is 0.0214. The van der Waals surface area contributed by atoms with E-state index < -0.39 is 22.0 Å². The molecule has 0 spiro atoms. The highest BCUT2D eigenvalue weighted by Gasteiger charge is 2.36. The van der Waals surface area contributed by atoms with Crippen molar-refractivity contribution >= 4 is 28.1 Å². The van der Waals surface area contributed by atoms with E-state index in [1.165, 1.54) is 30.5 Å².